The van der Waals surface area contributed by atoms with E-state index in [2.05, 4.69) is 10.5 Å². The second-order valence-electron chi connectivity index (χ2n) is 4.42. The molecule has 108 valence electrons. The first-order valence-electron chi connectivity index (χ1n) is 6.56. The van der Waals surface area contributed by atoms with Gasteiger partial charge < -0.3 is 10.2 Å². The van der Waals surface area contributed by atoms with Crippen molar-refractivity contribution in [1.29, 1.82) is 0 Å². The second kappa shape index (κ2) is 6.56. The molecule has 0 atom stereocenters. The van der Waals surface area contributed by atoms with Crippen LogP contribution in [0.4, 0.5) is 0 Å². The summed E-state index contributed by atoms with van der Waals surface area (Å²) in [5, 5.41) is 23.0. The number of phenolic OH excluding ortho intramolecular Hbond substituents is 2. The maximum absolute atomic E-state index is 12.0. The standard InChI is InChI=1S/C16H16N2O3/c1-2-14(11-7-9-12(19)10-8-11)17-18-16(21)13-5-3-4-6-15(13)20/h3-10,19-20H,2H2,1H3,(H,18,21). The Bertz CT molecular complexity index is 663. The van der Waals surface area contributed by atoms with Crippen LogP contribution in [0.1, 0.15) is 29.3 Å². The molecule has 0 aromatic heterocycles. The molecule has 0 saturated heterocycles. The Morgan fingerprint density at radius 2 is 1.76 bits per heavy atom. The Labute approximate surface area is 122 Å². The van der Waals surface area contributed by atoms with Crippen LogP contribution in [0.2, 0.25) is 0 Å². The highest BCUT2D eigenvalue weighted by Gasteiger charge is 2.10. The van der Waals surface area contributed by atoms with Crippen LogP contribution >= 0.6 is 0 Å². The molecule has 21 heavy (non-hydrogen) atoms. The molecule has 5 heteroatoms. The van der Waals surface area contributed by atoms with Crippen molar-refractivity contribution in [1.82, 2.24) is 5.43 Å². The van der Waals surface area contributed by atoms with Gasteiger partial charge in [0.25, 0.3) is 5.91 Å². The molecule has 2 aromatic rings. The topological polar surface area (TPSA) is 81.9 Å². The molecule has 0 bridgehead atoms. The summed E-state index contributed by atoms with van der Waals surface area (Å²) in [4.78, 5) is 12.0. The molecular formula is C16H16N2O3. The van der Waals surface area contributed by atoms with Gasteiger partial charge in [0.2, 0.25) is 0 Å². The summed E-state index contributed by atoms with van der Waals surface area (Å²) in [6, 6.07) is 12.8. The molecule has 5 nitrogen and oxygen atoms in total. The minimum absolute atomic E-state index is 0.0899. The van der Waals surface area contributed by atoms with Crippen molar-refractivity contribution < 1.29 is 15.0 Å². The van der Waals surface area contributed by atoms with E-state index in [1.165, 1.54) is 12.1 Å². The number of benzene rings is 2. The Kier molecular flexibility index (Phi) is 4.56. The smallest absolute Gasteiger partial charge is 0.275 e. The zero-order valence-electron chi connectivity index (χ0n) is 11.6. The molecule has 0 aliphatic rings. The van der Waals surface area contributed by atoms with E-state index in [0.717, 1.165) is 5.56 Å². The lowest BCUT2D eigenvalue weighted by Crippen LogP contribution is -2.20. The van der Waals surface area contributed by atoms with Crippen molar-refractivity contribution >= 4 is 11.6 Å². The summed E-state index contributed by atoms with van der Waals surface area (Å²) in [6.07, 6.45) is 0.617. The number of nitrogens with one attached hydrogen (secondary N) is 1. The van der Waals surface area contributed by atoms with Gasteiger partial charge in [0, 0.05) is 0 Å². The van der Waals surface area contributed by atoms with Crippen molar-refractivity contribution in [3.05, 3.63) is 59.7 Å². The molecule has 0 heterocycles. The summed E-state index contributed by atoms with van der Waals surface area (Å²) in [5.74, 6) is -0.391. The lowest BCUT2D eigenvalue weighted by Gasteiger charge is -2.06. The summed E-state index contributed by atoms with van der Waals surface area (Å²) >= 11 is 0. The molecule has 3 N–H and O–H groups in total. The molecule has 0 aliphatic heterocycles. The fraction of sp³-hybridized carbons (Fsp3) is 0.125. The van der Waals surface area contributed by atoms with Gasteiger partial charge in [0.15, 0.2) is 0 Å². The number of para-hydroxylation sites is 1. The number of rotatable bonds is 4. The normalized spacial score (nSPS) is 11.2. The quantitative estimate of drug-likeness (QED) is 0.596. The van der Waals surface area contributed by atoms with Crippen LogP contribution in [-0.4, -0.2) is 21.8 Å². The van der Waals surface area contributed by atoms with E-state index < -0.39 is 5.91 Å². The van der Waals surface area contributed by atoms with E-state index in [9.17, 15) is 15.0 Å². The van der Waals surface area contributed by atoms with E-state index in [4.69, 9.17) is 0 Å². The Hall–Kier alpha value is -2.82. The summed E-state index contributed by atoms with van der Waals surface area (Å²) in [7, 11) is 0. The SMILES string of the molecule is CCC(=NNC(=O)c1ccccc1O)c1ccc(O)cc1. The van der Waals surface area contributed by atoms with E-state index >= 15 is 0 Å². The summed E-state index contributed by atoms with van der Waals surface area (Å²) in [6.45, 7) is 1.91. The van der Waals surface area contributed by atoms with E-state index in [-0.39, 0.29) is 17.1 Å². The predicted molar refractivity (Wildman–Crippen MR) is 80.5 cm³/mol. The lowest BCUT2D eigenvalue weighted by atomic mass is 10.1. The van der Waals surface area contributed by atoms with Gasteiger partial charge in [-0.2, -0.15) is 5.10 Å². The van der Waals surface area contributed by atoms with E-state index in [1.807, 2.05) is 6.92 Å². The Balaban J connectivity index is 2.16. The zero-order valence-corrected chi connectivity index (χ0v) is 11.6. The molecule has 0 aliphatic carbocycles. The van der Waals surface area contributed by atoms with Gasteiger partial charge in [0.05, 0.1) is 11.3 Å². The van der Waals surface area contributed by atoms with Crippen molar-refractivity contribution in [3.8, 4) is 11.5 Å². The number of carbonyl (C=O) groups is 1. The van der Waals surface area contributed by atoms with Gasteiger partial charge in [0.1, 0.15) is 11.5 Å². The first kappa shape index (κ1) is 14.6. The first-order valence-corrected chi connectivity index (χ1v) is 6.56. The predicted octanol–water partition coefficient (Wildman–Crippen LogP) is 2.64. The van der Waals surface area contributed by atoms with E-state index in [0.29, 0.717) is 12.1 Å². The molecule has 0 fully saturated rings. The highest BCUT2D eigenvalue weighted by molar-refractivity contribution is 6.02. The van der Waals surface area contributed by atoms with Crippen LogP contribution in [-0.2, 0) is 0 Å². The zero-order chi connectivity index (χ0) is 15.2. The number of nitrogens with zero attached hydrogens (tertiary/aromatic N) is 1. The largest absolute Gasteiger partial charge is 0.508 e. The van der Waals surface area contributed by atoms with Gasteiger partial charge in [-0.25, -0.2) is 5.43 Å². The van der Waals surface area contributed by atoms with Crippen molar-refractivity contribution in [2.75, 3.05) is 0 Å². The number of hydrogen-bond acceptors (Lipinski definition) is 4. The van der Waals surface area contributed by atoms with Crippen LogP contribution < -0.4 is 5.43 Å². The first-order chi connectivity index (χ1) is 10.1. The summed E-state index contributed by atoms with van der Waals surface area (Å²) in [5.41, 5.74) is 4.09. The van der Waals surface area contributed by atoms with Crippen molar-refractivity contribution in [2.24, 2.45) is 5.10 Å². The maximum Gasteiger partial charge on any atom is 0.275 e. The van der Waals surface area contributed by atoms with Crippen molar-refractivity contribution in [2.45, 2.75) is 13.3 Å². The lowest BCUT2D eigenvalue weighted by molar-refractivity contribution is 0.0952. The minimum atomic E-state index is -0.474. The number of hydrazone groups is 1. The highest BCUT2D eigenvalue weighted by atomic mass is 16.3. The Morgan fingerprint density at radius 3 is 2.38 bits per heavy atom. The molecule has 2 rings (SSSR count). The molecule has 0 unspecified atom stereocenters. The maximum atomic E-state index is 12.0. The number of hydrogen-bond donors (Lipinski definition) is 3. The summed E-state index contributed by atoms with van der Waals surface area (Å²) < 4.78 is 0. The number of aromatic hydroxyl groups is 2. The third kappa shape index (κ3) is 3.60. The number of amides is 1. The van der Waals surface area contributed by atoms with Crippen LogP contribution in [0.3, 0.4) is 0 Å². The molecular weight excluding hydrogens is 268 g/mol. The molecule has 0 spiro atoms. The van der Waals surface area contributed by atoms with Crippen molar-refractivity contribution in [3.63, 3.8) is 0 Å². The van der Waals surface area contributed by atoms with Gasteiger partial charge in [-0.1, -0.05) is 19.1 Å². The number of carbonyl (C=O) groups excluding carboxylic acids is 1. The second-order valence-corrected chi connectivity index (χ2v) is 4.42. The van der Waals surface area contributed by atoms with E-state index in [1.54, 1.807) is 36.4 Å². The van der Waals surface area contributed by atoms with Gasteiger partial charge in [-0.05, 0) is 48.4 Å². The highest BCUT2D eigenvalue weighted by Crippen LogP contribution is 2.15. The average Bonchev–Trinajstić information content (AvgIpc) is 2.49. The van der Waals surface area contributed by atoms with Crippen LogP contribution in [0.25, 0.3) is 0 Å². The molecule has 0 radical (unpaired) electrons. The third-order valence-electron chi connectivity index (χ3n) is 2.98. The molecule has 1 amide bonds. The fourth-order valence-corrected chi connectivity index (χ4v) is 1.85. The molecule has 0 saturated carbocycles. The third-order valence-corrected chi connectivity index (χ3v) is 2.98. The van der Waals surface area contributed by atoms with Crippen LogP contribution in [0, 0.1) is 0 Å². The monoisotopic (exact) mass is 284 g/mol. The van der Waals surface area contributed by atoms with Gasteiger partial charge in [-0.15, -0.1) is 0 Å². The van der Waals surface area contributed by atoms with Gasteiger partial charge in [-0.3, -0.25) is 4.79 Å². The number of phenols is 2. The van der Waals surface area contributed by atoms with Crippen LogP contribution in [0.5, 0.6) is 11.5 Å². The van der Waals surface area contributed by atoms with Crippen LogP contribution in [0.15, 0.2) is 53.6 Å². The fourth-order valence-electron chi connectivity index (χ4n) is 1.85. The molecule has 2 aromatic carbocycles. The average molecular weight is 284 g/mol. The Morgan fingerprint density at radius 1 is 1.10 bits per heavy atom. The minimum Gasteiger partial charge on any atom is -0.508 e. The van der Waals surface area contributed by atoms with Gasteiger partial charge >= 0.3 is 0 Å².